The molecule has 0 radical (unpaired) electrons. The molecule has 1 aromatic heterocycles. The van der Waals surface area contributed by atoms with Gasteiger partial charge in [0, 0.05) is 18.8 Å². The topological polar surface area (TPSA) is 44.0 Å². The molecule has 0 amide bonds. The predicted molar refractivity (Wildman–Crippen MR) is 70.9 cm³/mol. The minimum absolute atomic E-state index is 0.0854. The van der Waals surface area contributed by atoms with Crippen molar-refractivity contribution in [1.29, 1.82) is 0 Å². The van der Waals surface area contributed by atoms with E-state index in [1.165, 1.54) is 29.0 Å². The minimum Gasteiger partial charge on any atom is -0.301 e. The number of nitrogens with zero attached hydrogens (tertiary/aromatic N) is 2. The van der Waals surface area contributed by atoms with Crippen LogP contribution >= 0.6 is 0 Å². The lowest BCUT2D eigenvalue weighted by Crippen LogP contribution is -2.39. The van der Waals surface area contributed by atoms with E-state index < -0.39 is 0 Å². The SMILES string of the molecule is CCn1ccc(=O)n(Cc2cc(F)ccc2C)c1=O. The van der Waals surface area contributed by atoms with Crippen molar-refractivity contribution < 1.29 is 4.39 Å². The van der Waals surface area contributed by atoms with Crippen LogP contribution in [0.3, 0.4) is 0 Å². The maximum Gasteiger partial charge on any atom is 0.331 e. The van der Waals surface area contributed by atoms with E-state index in [0.717, 1.165) is 10.1 Å². The van der Waals surface area contributed by atoms with E-state index >= 15 is 0 Å². The fourth-order valence-corrected chi connectivity index (χ4v) is 1.92. The van der Waals surface area contributed by atoms with Gasteiger partial charge in [0.25, 0.3) is 5.56 Å². The standard InChI is InChI=1S/C14H15FN2O2/c1-3-16-7-6-13(18)17(14(16)19)9-11-8-12(15)5-4-10(11)2/h4-8H,3,9H2,1-2H3. The second kappa shape index (κ2) is 5.22. The largest absolute Gasteiger partial charge is 0.331 e. The highest BCUT2D eigenvalue weighted by atomic mass is 19.1. The molecule has 0 fully saturated rings. The summed E-state index contributed by atoms with van der Waals surface area (Å²) in [5.41, 5.74) is 0.727. The van der Waals surface area contributed by atoms with Crippen LogP contribution in [-0.4, -0.2) is 9.13 Å². The Morgan fingerprint density at radius 2 is 1.95 bits per heavy atom. The summed E-state index contributed by atoms with van der Waals surface area (Å²) in [6.07, 6.45) is 1.47. The van der Waals surface area contributed by atoms with Gasteiger partial charge in [-0.1, -0.05) is 6.07 Å². The molecule has 5 heteroatoms. The van der Waals surface area contributed by atoms with E-state index in [1.54, 1.807) is 6.07 Å². The van der Waals surface area contributed by atoms with Gasteiger partial charge in [-0.15, -0.1) is 0 Å². The Bertz CT molecular complexity index is 716. The van der Waals surface area contributed by atoms with Crippen LogP contribution < -0.4 is 11.2 Å². The monoisotopic (exact) mass is 262 g/mol. The first-order valence-electron chi connectivity index (χ1n) is 6.08. The number of benzene rings is 1. The molecule has 0 unspecified atom stereocenters. The van der Waals surface area contributed by atoms with Gasteiger partial charge in [0.2, 0.25) is 0 Å². The van der Waals surface area contributed by atoms with Crippen molar-refractivity contribution >= 4 is 0 Å². The molecule has 0 N–H and O–H groups in total. The van der Waals surface area contributed by atoms with Gasteiger partial charge in [0.15, 0.2) is 0 Å². The fraction of sp³-hybridized carbons (Fsp3) is 0.286. The van der Waals surface area contributed by atoms with Crippen molar-refractivity contribution in [3.8, 4) is 0 Å². The number of rotatable bonds is 3. The van der Waals surface area contributed by atoms with Crippen molar-refractivity contribution in [2.24, 2.45) is 0 Å². The third-order valence-corrected chi connectivity index (χ3v) is 3.12. The Labute approximate surface area is 109 Å². The van der Waals surface area contributed by atoms with Crippen molar-refractivity contribution in [3.63, 3.8) is 0 Å². The Morgan fingerprint density at radius 3 is 2.63 bits per heavy atom. The molecule has 1 aromatic carbocycles. The number of halogens is 1. The van der Waals surface area contributed by atoms with Crippen molar-refractivity contribution in [3.05, 3.63) is 68.2 Å². The van der Waals surface area contributed by atoms with Gasteiger partial charge in [-0.3, -0.25) is 9.36 Å². The van der Waals surface area contributed by atoms with Crippen molar-refractivity contribution in [1.82, 2.24) is 9.13 Å². The van der Waals surface area contributed by atoms with Gasteiger partial charge in [-0.05, 0) is 37.1 Å². The first-order chi connectivity index (χ1) is 9.02. The van der Waals surface area contributed by atoms with E-state index in [1.807, 2.05) is 13.8 Å². The van der Waals surface area contributed by atoms with E-state index in [2.05, 4.69) is 0 Å². The smallest absolute Gasteiger partial charge is 0.301 e. The van der Waals surface area contributed by atoms with Crippen LogP contribution in [-0.2, 0) is 13.1 Å². The zero-order chi connectivity index (χ0) is 14.0. The number of aromatic nitrogens is 2. The molecular formula is C14H15FN2O2. The second-order valence-corrected chi connectivity index (χ2v) is 4.38. The lowest BCUT2D eigenvalue weighted by molar-refractivity contribution is 0.591. The summed E-state index contributed by atoms with van der Waals surface area (Å²) in [5.74, 6) is -0.375. The summed E-state index contributed by atoms with van der Waals surface area (Å²) in [6.45, 7) is 4.22. The lowest BCUT2D eigenvalue weighted by Gasteiger charge is -2.10. The summed E-state index contributed by atoms with van der Waals surface area (Å²) >= 11 is 0. The Morgan fingerprint density at radius 1 is 1.21 bits per heavy atom. The van der Waals surface area contributed by atoms with Crippen LogP contribution in [0, 0.1) is 12.7 Å². The van der Waals surface area contributed by atoms with Gasteiger partial charge in [-0.25, -0.2) is 9.18 Å². The average molecular weight is 262 g/mol. The highest BCUT2D eigenvalue weighted by molar-refractivity contribution is 5.26. The van der Waals surface area contributed by atoms with Crippen LogP contribution in [0.2, 0.25) is 0 Å². The molecule has 0 aliphatic heterocycles. The maximum atomic E-state index is 13.2. The highest BCUT2D eigenvalue weighted by Gasteiger charge is 2.07. The van der Waals surface area contributed by atoms with Crippen LogP contribution in [0.1, 0.15) is 18.1 Å². The third-order valence-electron chi connectivity index (χ3n) is 3.12. The quantitative estimate of drug-likeness (QED) is 0.842. The number of hydrogen-bond donors (Lipinski definition) is 0. The lowest BCUT2D eigenvalue weighted by atomic mass is 10.1. The van der Waals surface area contributed by atoms with Crippen LogP contribution in [0.5, 0.6) is 0 Å². The Balaban J connectivity index is 2.52. The first-order valence-corrected chi connectivity index (χ1v) is 6.08. The van der Waals surface area contributed by atoms with E-state index in [0.29, 0.717) is 12.1 Å². The van der Waals surface area contributed by atoms with E-state index in [9.17, 15) is 14.0 Å². The zero-order valence-electron chi connectivity index (χ0n) is 10.9. The van der Waals surface area contributed by atoms with Crippen molar-refractivity contribution in [2.75, 3.05) is 0 Å². The molecule has 100 valence electrons. The van der Waals surface area contributed by atoms with Gasteiger partial charge in [-0.2, -0.15) is 0 Å². The molecule has 1 heterocycles. The minimum atomic E-state index is -0.377. The normalized spacial score (nSPS) is 10.7. The molecule has 0 aliphatic rings. The van der Waals surface area contributed by atoms with Gasteiger partial charge in [0.1, 0.15) is 5.82 Å². The highest BCUT2D eigenvalue weighted by Crippen LogP contribution is 2.10. The summed E-state index contributed by atoms with van der Waals surface area (Å²) in [6, 6.07) is 5.69. The molecule has 2 rings (SSSR count). The second-order valence-electron chi connectivity index (χ2n) is 4.38. The van der Waals surface area contributed by atoms with Crippen LogP contribution in [0.15, 0.2) is 40.1 Å². The Hall–Kier alpha value is -2.17. The molecule has 0 atom stereocenters. The molecule has 0 saturated carbocycles. The molecule has 19 heavy (non-hydrogen) atoms. The average Bonchev–Trinajstić information content (AvgIpc) is 2.38. The Kier molecular flexibility index (Phi) is 3.64. The van der Waals surface area contributed by atoms with Crippen LogP contribution in [0.4, 0.5) is 4.39 Å². The van der Waals surface area contributed by atoms with E-state index in [-0.39, 0.29) is 23.6 Å². The summed E-state index contributed by atoms with van der Waals surface area (Å²) in [5, 5.41) is 0. The first kappa shape index (κ1) is 13.3. The third kappa shape index (κ3) is 2.65. The molecule has 0 aliphatic carbocycles. The molecule has 4 nitrogen and oxygen atoms in total. The van der Waals surface area contributed by atoms with Crippen molar-refractivity contribution in [2.45, 2.75) is 26.9 Å². The fourth-order valence-electron chi connectivity index (χ4n) is 1.92. The summed E-state index contributed by atoms with van der Waals surface area (Å²) in [7, 11) is 0. The van der Waals surface area contributed by atoms with Gasteiger partial charge < -0.3 is 4.57 Å². The summed E-state index contributed by atoms with van der Waals surface area (Å²) in [4.78, 5) is 23.8. The molecule has 0 bridgehead atoms. The predicted octanol–water partition coefficient (Wildman–Crippen LogP) is 1.53. The van der Waals surface area contributed by atoms with Gasteiger partial charge >= 0.3 is 5.69 Å². The number of aryl methyl sites for hydroxylation is 2. The maximum absolute atomic E-state index is 13.2. The molecule has 2 aromatic rings. The molecular weight excluding hydrogens is 247 g/mol. The molecule has 0 spiro atoms. The summed E-state index contributed by atoms with van der Waals surface area (Å²) < 4.78 is 15.8. The number of hydrogen-bond acceptors (Lipinski definition) is 2. The molecule has 0 saturated heterocycles. The van der Waals surface area contributed by atoms with Gasteiger partial charge in [0.05, 0.1) is 6.54 Å². The zero-order valence-corrected chi connectivity index (χ0v) is 10.9. The van der Waals surface area contributed by atoms with E-state index in [4.69, 9.17) is 0 Å². The van der Waals surface area contributed by atoms with Crippen LogP contribution in [0.25, 0.3) is 0 Å².